The van der Waals surface area contributed by atoms with E-state index < -0.39 is 0 Å². The van der Waals surface area contributed by atoms with Crippen molar-refractivity contribution >= 4 is 81.3 Å². The molecule has 1 aliphatic carbocycles. The lowest BCUT2D eigenvalue weighted by Crippen LogP contribution is -2.20. The fraction of sp³-hybridized carbons (Fsp3) is 0.0612. The molecular formula is C49H33NOS. The van der Waals surface area contributed by atoms with E-state index in [-0.39, 0.29) is 5.41 Å². The molecule has 0 fully saturated rings. The molecule has 0 saturated heterocycles. The van der Waals surface area contributed by atoms with Crippen LogP contribution in [0, 0.1) is 0 Å². The summed E-state index contributed by atoms with van der Waals surface area (Å²) in [5.74, 6) is 0. The van der Waals surface area contributed by atoms with Crippen molar-refractivity contribution in [1.82, 2.24) is 0 Å². The van der Waals surface area contributed by atoms with Gasteiger partial charge in [-0.25, -0.2) is 0 Å². The van der Waals surface area contributed by atoms with Crippen LogP contribution in [0.25, 0.3) is 75.1 Å². The molecule has 2 heterocycles. The molecule has 0 saturated carbocycles. The molecule has 52 heavy (non-hydrogen) atoms. The zero-order valence-corrected chi connectivity index (χ0v) is 29.7. The van der Waals surface area contributed by atoms with E-state index >= 15 is 0 Å². The highest BCUT2D eigenvalue weighted by atomic mass is 32.1. The minimum Gasteiger partial charge on any atom is -0.455 e. The van der Waals surface area contributed by atoms with Gasteiger partial charge in [-0.3, -0.25) is 0 Å². The van der Waals surface area contributed by atoms with Gasteiger partial charge in [0.2, 0.25) is 0 Å². The third-order valence-corrected chi connectivity index (χ3v) is 12.4. The van der Waals surface area contributed by atoms with Crippen LogP contribution in [0.3, 0.4) is 0 Å². The van der Waals surface area contributed by atoms with Gasteiger partial charge in [-0.2, -0.15) is 0 Å². The molecule has 1 aliphatic rings. The highest BCUT2D eigenvalue weighted by Gasteiger charge is 2.39. The lowest BCUT2D eigenvalue weighted by molar-refractivity contribution is 0.661. The Bertz CT molecular complexity index is 3070. The molecule has 0 amide bonds. The summed E-state index contributed by atoms with van der Waals surface area (Å²) in [6, 6.07) is 59.9. The maximum atomic E-state index is 6.62. The largest absolute Gasteiger partial charge is 0.455 e. The first-order valence-corrected chi connectivity index (χ1v) is 18.7. The van der Waals surface area contributed by atoms with Crippen molar-refractivity contribution in [2.75, 3.05) is 4.90 Å². The van der Waals surface area contributed by atoms with Crippen LogP contribution in [0.15, 0.2) is 168 Å². The van der Waals surface area contributed by atoms with Gasteiger partial charge in [0.05, 0.1) is 11.4 Å². The van der Waals surface area contributed by atoms with Crippen LogP contribution in [0.1, 0.15) is 25.0 Å². The van der Waals surface area contributed by atoms with Gasteiger partial charge < -0.3 is 9.32 Å². The van der Waals surface area contributed by atoms with Crippen LogP contribution >= 0.6 is 11.3 Å². The normalized spacial score (nSPS) is 13.3. The SMILES string of the molecule is CC1(C)c2ccccc2-c2cccc(N(c3cccc(-c4cccc5oc6c7ccccc7ccc6c45)c3)c3cccc4sc5ccccc5c34)c21. The first-order valence-electron chi connectivity index (χ1n) is 17.9. The Morgan fingerprint density at radius 2 is 1.23 bits per heavy atom. The Kier molecular flexibility index (Phi) is 6.21. The maximum Gasteiger partial charge on any atom is 0.143 e. The highest BCUT2D eigenvalue weighted by molar-refractivity contribution is 7.26. The molecule has 0 N–H and O–H groups in total. The van der Waals surface area contributed by atoms with Gasteiger partial charge in [-0.1, -0.05) is 129 Å². The van der Waals surface area contributed by atoms with Crippen LogP contribution in [0.4, 0.5) is 17.1 Å². The fourth-order valence-corrected chi connectivity index (χ4v) is 10.1. The first kappa shape index (κ1) is 29.6. The van der Waals surface area contributed by atoms with E-state index in [4.69, 9.17) is 4.42 Å². The van der Waals surface area contributed by atoms with Crippen LogP contribution in [0.5, 0.6) is 0 Å². The van der Waals surface area contributed by atoms with Gasteiger partial charge in [0.1, 0.15) is 11.2 Å². The van der Waals surface area contributed by atoms with Crippen LogP contribution in [-0.2, 0) is 5.41 Å². The van der Waals surface area contributed by atoms with Crippen molar-refractivity contribution in [3.63, 3.8) is 0 Å². The molecule has 0 radical (unpaired) electrons. The third-order valence-electron chi connectivity index (χ3n) is 11.2. The molecule has 8 aromatic carbocycles. The van der Waals surface area contributed by atoms with Gasteiger partial charge in [-0.05, 0) is 87.3 Å². The number of hydrogen-bond acceptors (Lipinski definition) is 3. The van der Waals surface area contributed by atoms with Crippen molar-refractivity contribution < 1.29 is 4.42 Å². The Balaban J connectivity index is 1.19. The van der Waals surface area contributed by atoms with Crippen LogP contribution in [-0.4, -0.2) is 0 Å². The van der Waals surface area contributed by atoms with Gasteiger partial charge in [-0.15, -0.1) is 11.3 Å². The van der Waals surface area contributed by atoms with Crippen LogP contribution in [0.2, 0.25) is 0 Å². The molecule has 0 bridgehead atoms. The standard InChI is InChI=1S/C49H33NOS/c1-49(2)39-21-7-5-17-35(39)36-20-10-23-41(47(36)49)50(40-22-12-26-44-46(40)37-18-6-8-25-43(37)52-44)32-15-9-14-31(29-32)33-19-11-24-42-45(33)38-28-27-30-13-3-4-16-34(30)48(38)51-42/h3-29H,1-2H3. The molecule has 2 aromatic heterocycles. The summed E-state index contributed by atoms with van der Waals surface area (Å²) in [5.41, 5.74) is 12.8. The van der Waals surface area contributed by atoms with Gasteiger partial charge in [0, 0.05) is 47.4 Å². The number of benzene rings is 8. The average molecular weight is 684 g/mol. The van der Waals surface area contributed by atoms with E-state index in [1.807, 2.05) is 11.3 Å². The molecule has 3 heteroatoms. The summed E-state index contributed by atoms with van der Waals surface area (Å²) in [6.45, 7) is 4.76. The summed E-state index contributed by atoms with van der Waals surface area (Å²) >= 11 is 1.87. The summed E-state index contributed by atoms with van der Waals surface area (Å²) in [5, 5.41) is 7.19. The summed E-state index contributed by atoms with van der Waals surface area (Å²) in [6.07, 6.45) is 0. The van der Waals surface area contributed by atoms with E-state index in [0.29, 0.717) is 0 Å². The van der Waals surface area contributed by atoms with Crippen molar-refractivity contribution in [3.05, 3.63) is 175 Å². The summed E-state index contributed by atoms with van der Waals surface area (Å²) < 4.78 is 9.21. The molecule has 2 nitrogen and oxygen atoms in total. The lowest BCUT2D eigenvalue weighted by atomic mass is 9.81. The zero-order valence-electron chi connectivity index (χ0n) is 28.9. The fourth-order valence-electron chi connectivity index (χ4n) is 8.96. The predicted octanol–water partition coefficient (Wildman–Crippen LogP) is 14.6. The summed E-state index contributed by atoms with van der Waals surface area (Å²) in [7, 11) is 0. The Morgan fingerprint density at radius 1 is 0.519 bits per heavy atom. The minimum absolute atomic E-state index is 0.187. The molecule has 0 atom stereocenters. The number of nitrogens with zero attached hydrogens (tertiary/aromatic N) is 1. The van der Waals surface area contributed by atoms with E-state index in [2.05, 4.69) is 183 Å². The van der Waals surface area contributed by atoms with Crippen molar-refractivity contribution in [2.45, 2.75) is 19.3 Å². The third kappa shape index (κ3) is 4.11. The van der Waals surface area contributed by atoms with Crippen molar-refractivity contribution in [2.24, 2.45) is 0 Å². The number of hydrogen-bond donors (Lipinski definition) is 0. The molecule has 11 rings (SSSR count). The van der Waals surface area contributed by atoms with E-state index in [9.17, 15) is 0 Å². The first-order chi connectivity index (χ1) is 25.6. The van der Waals surface area contributed by atoms with Crippen molar-refractivity contribution in [3.8, 4) is 22.3 Å². The van der Waals surface area contributed by atoms with Gasteiger partial charge in [0.25, 0.3) is 0 Å². The lowest BCUT2D eigenvalue weighted by Gasteiger charge is -2.33. The zero-order chi connectivity index (χ0) is 34.6. The van der Waals surface area contributed by atoms with E-state index in [1.165, 1.54) is 64.8 Å². The highest BCUT2D eigenvalue weighted by Crippen LogP contribution is 2.55. The predicted molar refractivity (Wildman–Crippen MR) is 222 cm³/mol. The molecule has 0 spiro atoms. The Morgan fingerprint density at radius 3 is 2.17 bits per heavy atom. The minimum atomic E-state index is -0.187. The molecule has 246 valence electrons. The number of furan rings is 1. The second kappa shape index (κ2) is 10.9. The summed E-state index contributed by atoms with van der Waals surface area (Å²) in [4.78, 5) is 2.53. The molecule has 10 aromatic rings. The second-order valence-electron chi connectivity index (χ2n) is 14.4. The smallest absolute Gasteiger partial charge is 0.143 e. The molecule has 0 aliphatic heterocycles. The molecule has 0 unspecified atom stereocenters. The second-order valence-corrected chi connectivity index (χ2v) is 15.5. The Hall–Kier alpha value is -6.16. The average Bonchev–Trinajstić information content (AvgIpc) is 3.84. The number of thiophene rings is 1. The number of fused-ring (bicyclic) bond motifs is 11. The monoisotopic (exact) mass is 683 g/mol. The molecular weight excluding hydrogens is 651 g/mol. The van der Waals surface area contributed by atoms with Gasteiger partial charge >= 0.3 is 0 Å². The topological polar surface area (TPSA) is 16.4 Å². The Labute approximate surface area is 305 Å². The van der Waals surface area contributed by atoms with Gasteiger partial charge in [0.15, 0.2) is 0 Å². The number of rotatable bonds is 4. The number of anilines is 3. The quantitative estimate of drug-likeness (QED) is 0.184. The maximum absolute atomic E-state index is 6.62. The van der Waals surface area contributed by atoms with E-state index in [0.717, 1.165) is 38.6 Å². The van der Waals surface area contributed by atoms with E-state index in [1.54, 1.807) is 0 Å². The van der Waals surface area contributed by atoms with Crippen molar-refractivity contribution in [1.29, 1.82) is 0 Å². The van der Waals surface area contributed by atoms with Crippen LogP contribution < -0.4 is 4.90 Å².